The fourth-order valence-electron chi connectivity index (χ4n) is 0.697. The third-order valence-corrected chi connectivity index (χ3v) is 2.33. The number of hydrogen-bond donors (Lipinski definition) is 1. The van der Waals surface area contributed by atoms with Gasteiger partial charge >= 0.3 is 0 Å². The first-order chi connectivity index (χ1) is 2.93. The predicted molar refractivity (Wildman–Crippen MR) is 30.7 cm³/mol. The van der Waals surface area contributed by atoms with Gasteiger partial charge in [0.25, 0.3) is 0 Å². The Morgan fingerprint density at radius 2 is 2.17 bits per heavy atom. The Morgan fingerprint density at radius 3 is 2.17 bits per heavy atom. The van der Waals surface area contributed by atoms with E-state index in [2.05, 4.69) is 4.98 Å². The lowest BCUT2D eigenvalue weighted by atomic mass is 9.94. The first-order valence-corrected chi connectivity index (χ1v) is 3.61. The van der Waals surface area contributed by atoms with Gasteiger partial charge in [0, 0.05) is 0 Å². The normalized spacial score (nSPS) is 24.0. The fraction of sp³-hybridized carbons (Fsp3) is 1.00. The molecule has 36 valence electrons. The Labute approximate surface area is 41.6 Å². The summed E-state index contributed by atoms with van der Waals surface area (Å²) in [6, 6.07) is 0.927. The molecule has 1 nitrogen and oxygen atoms in total. The second-order valence-electron chi connectivity index (χ2n) is 1.92. The Balaban J connectivity index is 2.01. The molecule has 0 bridgehead atoms. The average molecular weight is 101 g/mol. The van der Waals surface area contributed by atoms with Crippen molar-refractivity contribution in [2.45, 2.75) is 25.3 Å². The van der Waals surface area contributed by atoms with Crippen LogP contribution < -0.4 is 4.98 Å². The van der Waals surface area contributed by atoms with Gasteiger partial charge in [-0.2, -0.15) is 0 Å². The van der Waals surface area contributed by atoms with Crippen molar-refractivity contribution in [1.82, 2.24) is 4.98 Å². The highest BCUT2D eigenvalue weighted by atomic mass is 28.2. The van der Waals surface area contributed by atoms with Crippen LogP contribution in [0.4, 0.5) is 0 Å². The maximum atomic E-state index is 3.34. The van der Waals surface area contributed by atoms with Crippen LogP contribution in [0.1, 0.15) is 19.3 Å². The van der Waals surface area contributed by atoms with Gasteiger partial charge in [-0.1, -0.05) is 6.42 Å². The van der Waals surface area contributed by atoms with Gasteiger partial charge < -0.3 is 4.98 Å². The van der Waals surface area contributed by atoms with Gasteiger partial charge in [0.1, 0.15) is 0 Å². The van der Waals surface area contributed by atoms with Crippen molar-refractivity contribution in [2.24, 2.45) is 0 Å². The molecule has 2 heteroatoms. The van der Waals surface area contributed by atoms with Crippen LogP contribution in [-0.4, -0.2) is 16.4 Å². The molecule has 1 saturated carbocycles. The largest absolute Gasteiger partial charge is 0.343 e. The summed E-state index contributed by atoms with van der Waals surface area (Å²) >= 11 is 0. The summed E-state index contributed by atoms with van der Waals surface area (Å²) in [7, 11) is 1.18. The molecule has 0 aromatic carbocycles. The molecule has 0 aromatic heterocycles. The summed E-state index contributed by atoms with van der Waals surface area (Å²) in [6.07, 6.45) is 4.33. The molecule has 0 spiro atoms. The summed E-state index contributed by atoms with van der Waals surface area (Å²) in [5, 5.41) is 0. The van der Waals surface area contributed by atoms with Crippen LogP contribution in [0, 0.1) is 0 Å². The quantitative estimate of drug-likeness (QED) is 0.435. The minimum atomic E-state index is 0.927. The molecule has 1 rings (SSSR count). The van der Waals surface area contributed by atoms with E-state index in [0.29, 0.717) is 0 Å². The molecule has 0 unspecified atom stereocenters. The standard InChI is InChI=1S/C4H11NSi/c6-5-4-2-1-3-4/h4-5H,1-3H2,6H3. The lowest BCUT2D eigenvalue weighted by molar-refractivity contribution is 0.391. The van der Waals surface area contributed by atoms with Gasteiger partial charge in [-0.05, 0) is 18.9 Å². The molecule has 0 amide bonds. The molecule has 0 atom stereocenters. The third-order valence-electron chi connectivity index (χ3n) is 1.51. The Morgan fingerprint density at radius 1 is 1.50 bits per heavy atom. The third kappa shape index (κ3) is 0.630. The second-order valence-corrected chi connectivity index (χ2v) is 2.49. The second kappa shape index (κ2) is 1.75. The van der Waals surface area contributed by atoms with Gasteiger partial charge in [0.05, 0.1) is 10.4 Å². The van der Waals surface area contributed by atoms with Gasteiger partial charge in [-0.3, -0.25) is 0 Å². The van der Waals surface area contributed by atoms with Gasteiger partial charge in [-0.15, -0.1) is 0 Å². The Bertz CT molecular complexity index is 40.1. The molecule has 1 fully saturated rings. The smallest absolute Gasteiger partial charge is 0.0752 e. The molecule has 1 N–H and O–H groups in total. The average Bonchev–Trinajstić information content (AvgIpc) is 1.31. The van der Waals surface area contributed by atoms with Crippen LogP contribution in [0.25, 0.3) is 0 Å². The highest BCUT2D eigenvalue weighted by Crippen LogP contribution is 2.16. The Hall–Kier alpha value is 0.177. The van der Waals surface area contributed by atoms with Crippen LogP contribution in [0.2, 0.25) is 0 Å². The molecule has 0 heterocycles. The predicted octanol–water partition coefficient (Wildman–Crippen LogP) is -0.591. The van der Waals surface area contributed by atoms with E-state index in [1.807, 2.05) is 0 Å². The number of rotatable bonds is 1. The van der Waals surface area contributed by atoms with Crippen LogP contribution in [0.15, 0.2) is 0 Å². The summed E-state index contributed by atoms with van der Waals surface area (Å²) < 4.78 is 0. The van der Waals surface area contributed by atoms with E-state index in [1.165, 1.54) is 29.7 Å². The fourth-order valence-corrected chi connectivity index (χ4v) is 1.27. The van der Waals surface area contributed by atoms with E-state index in [-0.39, 0.29) is 0 Å². The summed E-state index contributed by atoms with van der Waals surface area (Å²) in [5.41, 5.74) is 0. The van der Waals surface area contributed by atoms with Gasteiger partial charge in [-0.25, -0.2) is 0 Å². The minimum absolute atomic E-state index is 0.927. The van der Waals surface area contributed by atoms with E-state index in [4.69, 9.17) is 0 Å². The molecule has 1 aliphatic carbocycles. The molecule has 0 aliphatic heterocycles. The maximum Gasteiger partial charge on any atom is 0.0752 e. The molecular weight excluding hydrogens is 90.1 g/mol. The summed E-state index contributed by atoms with van der Waals surface area (Å²) in [5.74, 6) is 0. The van der Waals surface area contributed by atoms with E-state index in [1.54, 1.807) is 0 Å². The molecule has 1 aliphatic rings. The van der Waals surface area contributed by atoms with Crippen molar-refractivity contribution in [3.05, 3.63) is 0 Å². The van der Waals surface area contributed by atoms with E-state index < -0.39 is 0 Å². The lowest BCUT2D eigenvalue weighted by Gasteiger charge is -2.24. The van der Waals surface area contributed by atoms with Crippen molar-refractivity contribution in [2.75, 3.05) is 0 Å². The van der Waals surface area contributed by atoms with Crippen molar-refractivity contribution in [1.29, 1.82) is 0 Å². The Kier molecular flexibility index (Phi) is 1.27. The lowest BCUT2D eigenvalue weighted by Crippen LogP contribution is -2.32. The molecule has 0 radical (unpaired) electrons. The summed E-state index contributed by atoms with van der Waals surface area (Å²) in [6.45, 7) is 0. The SMILES string of the molecule is [SiH3]NC1CCC1. The maximum absolute atomic E-state index is 3.34. The van der Waals surface area contributed by atoms with Crippen LogP contribution >= 0.6 is 0 Å². The highest BCUT2D eigenvalue weighted by Gasteiger charge is 2.12. The van der Waals surface area contributed by atoms with Gasteiger partial charge in [0.15, 0.2) is 0 Å². The number of hydrogen-bond acceptors (Lipinski definition) is 1. The monoisotopic (exact) mass is 101 g/mol. The van der Waals surface area contributed by atoms with E-state index in [9.17, 15) is 0 Å². The topological polar surface area (TPSA) is 12.0 Å². The zero-order valence-electron chi connectivity index (χ0n) is 4.20. The van der Waals surface area contributed by atoms with Crippen molar-refractivity contribution in [3.8, 4) is 0 Å². The molecule has 0 aromatic rings. The van der Waals surface area contributed by atoms with Gasteiger partial charge in [0.2, 0.25) is 0 Å². The summed E-state index contributed by atoms with van der Waals surface area (Å²) in [4.78, 5) is 3.34. The molecule has 6 heavy (non-hydrogen) atoms. The first-order valence-electron chi connectivity index (χ1n) is 2.61. The highest BCUT2D eigenvalue weighted by molar-refractivity contribution is 6.04. The first kappa shape index (κ1) is 4.34. The van der Waals surface area contributed by atoms with Crippen molar-refractivity contribution in [3.63, 3.8) is 0 Å². The molecular formula is C4H11NSi. The van der Waals surface area contributed by atoms with Crippen molar-refractivity contribution < 1.29 is 0 Å². The van der Waals surface area contributed by atoms with Crippen LogP contribution in [0.5, 0.6) is 0 Å². The van der Waals surface area contributed by atoms with Crippen LogP contribution in [-0.2, 0) is 0 Å². The van der Waals surface area contributed by atoms with Crippen molar-refractivity contribution >= 4 is 10.4 Å². The molecule has 0 saturated heterocycles. The van der Waals surface area contributed by atoms with E-state index in [0.717, 1.165) is 6.04 Å². The number of nitrogens with one attached hydrogen (secondary N) is 1. The van der Waals surface area contributed by atoms with E-state index >= 15 is 0 Å². The minimum Gasteiger partial charge on any atom is -0.343 e. The van der Waals surface area contributed by atoms with Crippen LogP contribution in [0.3, 0.4) is 0 Å². The zero-order valence-corrected chi connectivity index (χ0v) is 6.20. The zero-order chi connectivity index (χ0) is 4.41.